The minimum Gasteiger partial charge on any atom is -0.493 e. The van der Waals surface area contributed by atoms with E-state index in [1.807, 2.05) is 0 Å². The van der Waals surface area contributed by atoms with Crippen molar-refractivity contribution in [3.05, 3.63) is 60.7 Å². The van der Waals surface area contributed by atoms with Gasteiger partial charge in [0, 0.05) is 0 Å². The van der Waals surface area contributed by atoms with E-state index in [0.717, 1.165) is 11.1 Å². The number of rotatable bonds is 8. The minimum atomic E-state index is -6.90. The highest BCUT2D eigenvalue weighted by Crippen LogP contribution is 2.53. The van der Waals surface area contributed by atoms with Gasteiger partial charge in [-0.05, 0) is 28.8 Å². The van der Waals surface area contributed by atoms with Crippen LogP contribution in [-0.2, 0) is 0 Å². The average Bonchev–Trinajstić information content (AvgIpc) is 2.67. The summed E-state index contributed by atoms with van der Waals surface area (Å²) in [5, 5.41) is 0. The monoisotopic (exact) mass is 442 g/mol. The van der Waals surface area contributed by atoms with E-state index in [0.29, 0.717) is 5.56 Å². The summed E-state index contributed by atoms with van der Waals surface area (Å²) in [6, 6.07) is 12.9. The van der Waals surface area contributed by atoms with Crippen LogP contribution in [0.15, 0.2) is 55.1 Å². The van der Waals surface area contributed by atoms with Crippen LogP contribution in [0, 0.1) is 0 Å². The molecule has 2 rings (SSSR count). The zero-order valence-corrected chi connectivity index (χ0v) is 15.1. The zero-order chi connectivity index (χ0) is 22.8. The molecule has 0 amide bonds. The smallest absolute Gasteiger partial charge is 0.460 e. The number of halogens is 9. The lowest BCUT2D eigenvalue weighted by Crippen LogP contribution is -2.61. The first kappa shape index (κ1) is 23.6. The fourth-order valence-corrected chi connectivity index (χ4v) is 2.42. The van der Waals surface area contributed by atoms with Crippen molar-refractivity contribution in [3.8, 4) is 16.9 Å². The largest absolute Gasteiger partial charge is 0.493 e. The summed E-state index contributed by atoms with van der Waals surface area (Å²) < 4.78 is 120. The normalized spacial score (nSPS) is 13.2. The highest BCUT2D eigenvalue weighted by molar-refractivity contribution is 5.66. The van der Waals surface area contributed by atoms with Gasteiger partial charge in [0.05, 0.1) is 13.0 Å². The Kier molecular flexibility index (Phi) is 6.48. The second-order valence-corrected chi connectivity index (χ2v) is 6.30. The van der Waals surface area contributed by atoms with E-state index >= 15 is 0 Å². The van der Waals surface area contributed by atoms with Crippen molar-refractivity contribution < 1.29 is 44.3 Å². The molecule has 0 atom stereocenters. The van der Waals surface area contributed by atoms with Gasteiger partial charge in [0.15, 0.2) is 0 Å². The fraction of sp³-hybridized carbons (Fsp3) is 0.300. The molecule has 0 aliphatic heterocycles. The predicted molar refractivity (Wildman–Crippen MR) is 93.0 cm³/mol. The molecule has 0 unspecified atom stereocenters. The second-order valence-electron chi connectivity index (χ2n) is 6.30. The van der Waals surface area contributed by atoms with Crippen molar-refractivity contribution >= 4 is 6.08 Å². The molecule has 0 spiro atoms. The molecule has 0 aromatic heterocycles. The van der Waals surface area contributed by atoms with Gasteiger partial charge < -0.3 is 4.74 Å². The Morgan fingerprint density at radius 2 is 1.17 bits per heavy atom. The van der Waals surface area contributed by atoms with Gasteiger partial charge in [-0.25, -0.2) is 0 Å². The van der Waals surface area contributed by atoms with E-state index < -0.39 is 37.0 Å². The SMILES string of the molecule is C=Cc1ccc(-c2ccc(OCCC(F)(F)C(F)(F)C(F)(F)C(F)(F)F)cc2)cc1. The molecule has 1 nitrogen and oxygen atoms in total. The molecule has 0 fully saturated rings. The van der Waals surface area contributed by atoms with Gasteiger partial charge in [0.2, 0.25) is 0 Å². The van der Waals surface area contributed by atoms with Crippen LogP contribution < -0.4 is 4.74 Å². The van der Waals surface area contributed by atoms with Gasteiger partial charge in [-0.15, -0.1) is 0 Å². The second kappa shape index (κ2) is 8.23. The van der Waals surface area contributed by atoms with Crippen LogP contribution in [0.25, 0.3) is 17.2 Å². The molecule has 10 heteroatoms. The Hall–Kier alpha value is -2.65. The Morgan fingerprint density at radius 3 is 1.60 bits per heavy atom. The molecule has 0 saturated heterocycles. The highest BCUT2D eigenvalue weighted by Gasteiger charge is 2.81. The summed E-state index contributed by atoms with van der Waals surface area (Å²) in [4.78, 5) is 0. The van der Waals surface area contributed by atoms with E-state index in [4.69, 9.17) is 4.74 Å². The maximum Gasteiger partial charge on any atom is 0.460 e. The van der Waals surface area contributed by atoms with Crippen molar-refractivity contribution in [2.45, 2.75) is 30.4 Å². The summed E-state index contributed by atoms with van der Waals surface area (Å²) in [7, 11) is 0. The first-order valence-electron chi connectivity index (χ1n) is 8.39. The van der Waals surface area contributed by atoms with Gasteiger partial charge in [-0.1, -0.05) is 49.1 Å². The molecule has 0 N–H and O–H groups in total. The third-order valence-electron chi connectivity index (χ3n) is 4.23. The first-order chi connectivity index (χ1) is 13.7. The van der Waals surface area contributed by atoms with Crippen molar-refractivity contribution in [1.29, 1.82) is 0 Å². The topological polar surface area (TPSA) is 9.23 Å². The molecule has 0 aliphatic carbocycles. The molecule has 0 saturated carbocycles. The molecule has 0 radical (unpaired) electrons. The lowest BCUT2D eigenvalue weighted by atomic mass is 10.0. The molecule has 0 heterocycles. The lowest BCUT2D eigenvalue weighted by molar-refractivity contribution is -0.397. The Bertz CT molecular complexity index is 853. The highest BCUT2D eigenvalue weighted by atomic mass is 19.4. The maximum atomic E-state index is 13.5. The quantitative estimate of drug-likeness (QED) is 0.392. The van der Waals surface area contributed by atoms with Crippen LogP contribution in [0.3, 0.4) is 0 Å². The van der Waals surface area contributed by atoms with Crippen molar-refractivity contribution in [1.82, 2.24) is 0 Å². The third kappa shape index (κ3) is 4.57. The number of benzene rings is 2. The van der Waals surface area contributed by atoms with Gasteiger partial charge in [-0.2, -0.15) is 39.5 Å². The average molecular weight is 442 g/mol. The van der Waals surface area contributed by atoms with E-state index in [1.54, 1.807) is 30.3 Å². The van der Waals surface area contributed by atoms with Crippen LogP contribution in [0.4, 0.5) is 39.5 Å². The zero-order valence-electron chi connectivity index (χ0n) is 15.1. The minimum absolute atomic E-state index is 0.0526. The van der Waals surface area contributed by atoms with Crippen molar-refractivity contribution in [2.75, 3.05) is 6.61 Å². The van der Waals surface area contributed by atoms with Gasteiger partial charge in [0.1, 0.15) is 5.75 Å². The molecule has 30 heavy (non-hydrogen) atoms. The summed E-state index contributed by atoms with van der Waals surface area (Å²) in [5.74, 6) is -19.2. The van der Waals surface area contributed by atoms with E-state index in [9.17, 15) is 39.5 Å². The van der Waals surface area contributed by atoms with E-state index in [1.165, 1.54) is 24.3 Å². The summed E-state index contributed by atoms with van der Waals surface area (Å²) >= 11 is 0. The Labute approximate surface area is 165 Å². The van der Waals surface area contributed by atoms with Crippen molar-refractivity contribution in [2.24, 2.45) is 0 Å². The number of ether oxygens (including phenoxy) is 1. The van der Waals surface area contributed by atoms with Gasteiger partial charge in [0.25, 0.3) is 0 Å². The summed E-state index contributed by atoms with van der Waals surface area (Å²) in [6.45, 7) is 2.41. The Morgan fingerprint density at radius 1 is 0.700 bits per heavy atom. The van der Waals surface area contributed by atoms with Gasteiger partial charge >= 0.3 is 23.9 Å². The molecular formula is C20H15F9O. The molecule has 2 aromatic rings. The van der Waals surface area contributed by atoms with Crippen LogP contribution in [-0.4, -0.2) is 30.6 Å². The Balaban J connectivity index is 2.02. The first-order valence-corrected chi connectivity index (χ1v) is 8.39. The number of hydrogen-bond acceptors (Lipinski definition) is 1. The predicted octanol–water partition coefficient (Wildman–Crippen LogP) is 7.23. The summed E-state index contributed by atoms with van der Waals surface area (Å²) in [5.41, 5.74) is 2.39. The molecule has 0 aliphatic rings. The lowest BCUT2D eigenvalue weighted by Gasteiger charge is -2.33. The van der Waals surface area contributed by atoms with Gasteiger partial charge in [-0.3, -0.25) is 0 Å². The number of hydrogen-bond donors (Lipinski definition) is 0. The third-order valence-corrected chi connectivity index (χ3v) is 4.23. The molecule has 0 bridgehead atoms. The van der Waals surface area contributed by atoms with Crippen molar-refractivity contribution in [3.63, 3.8) is 0 Å². The standard InChI is InChI=1S/C20H15F9O/c1-2-13-3-5-14(6-4-13)15-7-9-16(10-8-15)30-12-11-17(21,22)18(23,24)19(25,26)20(27,28)29/h2-10H,1,11-12H2. The molecule has 164 valence electrons. The summed E-state index contributed by atoms with van der Waals surface area (Å²) in [6.07, 6.45) is -7.23. The van der Waals surface area contributed by atoms with Crippen LogP contribution in [0.2, 0.25) is 0 Å². The van der Waals surface area contributed by atoms with Crippen LogP contribution in [0.1, 0.15) is 12.0 Å². The van der Waals surface area contributed by atoms with E-state index in [2.05, 4.69) is 6.58 Å². The molecule has 2 aromatic carbocycles. The molecular weight excluding hydrogens is 427 g/mol. The fourth-order valence-electron chi connectivity index (χ4n) is 2.42. The maximum absolute atomic E-state index is 13.5. The van der Waals surface area contributed by atoms with Crippen LogP contribution >= 0.6 is 0 Å². The number of alkyl halides is 9. The van der Waals surface area contributed by atoms with Crippen LogP contribution in [0.5, 0.6) is 5.75 Å². The van der Waals surface area contributed by atoms with E-state index in [-0.39, 0.29) is 5.75 Å².